The van der Waals surface area contributed by atoms with Gasteiger partial charge in [-0.05, 0) is 35.2 Å². The van der Waals surface area contributed by atoms with E-state index in [1.165, 1.54) is 16.9 Å². The molecule has 4 rings (SSSR count). The lowest BCUT2D eigenvalue weighted by Gasteiger charge is -2.36. The lowest BCUT2D eigenvalue weighted by molar-refractivity contribution is 0.0316. The summed E-state index contributed by atoms with van der Waals surface area (Å²) >= 11 is 1.49. The van der Waals surface area contributed by atoms with Crippen LogP contribution in [0.2, 0.25) is 0 Å². The Morgan fingerprint density at radius 1 is 1.28 bits per heavy atom. The summed E-state index contributed by atoms with van der Waals surface area (Å²) in [4.78, 5) is 4.35. The standard InChI is InChI=1S/C21H18N2OS/c1-21(19(24)20-23-9-10-25-20)12-16-8-7-14(13-22)11-17(16)18(21)15-5-3-2-4-6-15/h2-11,18-19,24H,12H2,1H3/t18-,19?,21+/m0/s1. The Morgan fingerprint density at radius 2 is 2.08 bits per heavy atom. The number of aliphatic hydroxyl groups excluding tert-OH is 1. The van der Waals surface area contributed by atoms with Gasteiger partial charge in [0, 0.05) is 22.9 Å². The first-order valence-electron chi connectivity index (χ1n) is 8.29. The highest BCUT2D eigenvalue weighted by atomic mass is 32.1. The highest BCUT2D eigenvalue weighted by Gasteiger charge is 2.49. The smallest absolute Gasteiger partial charge is 0.122 e. The van der Waals surface area contributed by atoms with Gasteiger partial charge in [0.2, 0.25) is 0 Å². The van der Waals surface area contributed by atoms with Gasteiger partial charge in [0.1, 0.15) is 11.1 Å². The lowest BCUT2D eigenvalue weighted by atomic mass is 9.70. The Bertz CT molecular complexity index is 930. The fraction of sp³-hybridized carbons (Fsp3) is 0.238. The minimum Gasteiger partial charge on any atom is -0.385 e. The van der Waals surface area contributed by atoms with E-state index < -0.39 is 11.5 Å². The van der Waals surface area contributed by atoms with Gasteiger partial charge in [-0.15, -0.1) is 11.3 Å². The zero-order valence-electron chi connectivity index (χ0n) is 13.9. The Balaban J connectivity index is 1.88. The maximum absolute atomic E-state index is 11.2. The van der Waals surface area contributed by atoms with Crippen LogP contribution in [0.15, 0.2) is 60.1 Å². The summed E-state index contributed by atoms with van der Waals surface area (Å²) in [6.45, 7) is 2.13. The molecule has 1 heterocycles. The molecular formula is C21H18N2OS. The van der Waals surface area contributed by atoms with Crippen LogP contribution in [0, 0.1) is 16.7 Å². The lowest BCUT2D eigenvalue weighted by Crippen LogP contribution is -2.31. The molecule has 0 fully saturated rings. The van der Waals surface area contributed by atoms with E-state index in [0.717, 1.165) is 22.6 Å². The summed E-state index contributed by atoms with van der Waals surface area (Å²) in [5, 5.41) is 23.1. The molecule has 4 heteroatoms. The molecule has 1 unspecified atom stereocenters. The first kappa shape index (κ1) is 16.0. The molecule has 1 aliphatic rings. The second-order valence-electron chi connectivity index (χ2n) is 6.82. The largest absolute Gasteiger partial charge is 0.385 e. The van der Waals surface area contributed by atoms with Gasteiger partial charge in [0.05, 0.1) is 11.6 Å². The molecule has 3 atom stereocenters. The predicted molar refractivity (Wildman–Crippen MR) is 98.3 cm³/mol. The molecular weight excluding hydrogens is 328 g/mol. The number of aliphatic hydroxyl groups is 1. The van der Waals surface area contributed by atoms with Gasteiger partial charge in [0.25, 0.3) is 0 Å². The molecule has 124 valence electrons. The van der Waals surface area contributed by atoms with E-state index in [2.05, 4.69) is 30.1 Å². The van der Waals surface area contributed by atoms with Crippen molar-refractivity contribution in [2.45, 2.75) is 25.4 Å². The SMILES string of the molecule is C[C@@]1(C(O)c2nccs2)Cc2ccc(C#N)cc2[C@@H]1c1ccccc1. The third-order valence-electron chi connectivity index (χ3n) is 5.26. The van der Waals surface area contributed by atoms with Gasteiger partial charge in [-0.3, -0.25) is 0 Å². The van der Waals surface area contributed by atoms with Crippen LogP contribution < -0.4 is 0 Å². The summed E-state index contributed by atoms with van der Waals surface area (Å²) < 4.78 is 0. The molecule has 25 heavy (non-hydrogen) atoms. The van der Waals surface area contributed by atoms with Crippen LogP contribution in [-0.2, 0) is 6.42 Å². The van der Waals surface area contributed by atoms with Crippen LogP contribution in [0.5, 0.6) is 0 Å². The topological polar surface area (TPSA) is 56.9 Å². The number of hydrogen-bond donors (Lipinski definition) is 1. The minimum atomic E-state index is -0.657. The van der Waals surface area contributed by atoms with Crippen LogP contribution >= 0.6 is 11.3 Å². The highest BCUT2D eigenvalue weighted by Crippen LogP contribution is 2.56. The Hall–Kier alpha value is -2.48. The molecule has 3 aromatic rings. The number of nitriles is 1. The second-order valence-corrected chi connectivity index (χ2v) is 7.75. The van der Waals surface area contributed by atoms with Gasteiger partial charge < -0.3 is 5.11 Å². The summed E-state index contributed by atoms with van der Waals surface area (Å²) in [6.07, 6.45) is 1.84. The number of hydrogen-bond acceptors (Lipinski definition) is 4. The zero-order chi connectivity index (χ0) is 17.4. The van der Waals surface area contributed by atoms with E-state index in [4.69, 9.17) is 0 Å². The van der Waals surface area contributed by atoms with Gasteiger partial charge in [-0.25, -0.2) is 4.98 Å². The van der Waals surface area contributed by atoms with Crippen molar-refractivity contribution in [1.82, 2.24) is 4.98 Å². The minimum absolute atomic E-state index is 0.0240. The van der Waals surface area contributed by atoms with Gasteiger partial charge in [0.15, 0.2) is 0 Å². The van der Waals surface area contributed by atoms with Crippen molar-refractivity contribution < 1.29 is 5.11 Å². The van der Waals surface area contributed by atoms with Crippen LogP contribution in [-0.4, -0.2) is 10.1 Å². The van der Waals surface area contributed by atoms with E-state index in [0.29, 0.717) is 5.56 Å². The normalized spacial score (nSPS) is 23.0. The number of thiazole rings is 1. The molecule has 1 aliphatic carbocycles. The Kier molecular flexibility index (Phi) is 3.91. The van der Waals surface area contributed by atoms with E-state index >= 15 is 0 Å². The van der Waals surface area contributed by atoms with Gasteiger partial charge in [-0.2, -0.15) is 5.26 Å². The molecule has 1 N–H and O–H groups in total. The molecule has 3 nitrogen and oxygen atoms in total. The molecule has 0 amide bonds. The van der Waals surface area contributed by atoms with Crippen molar-refractivity contribution in [2.75, 3.05) is 0 Å². The van der Waals surface area contributed by atoms with E-state index in [1.807, 2.05) is 41.8 Å². The van der Waals surface area contributed by atoms with Crippen molar-refractivity contribution in [3.05, 3.63) is 87.4 Å². The molecule has 0 aliphatic heterocycles. The molecule has 0 saturated carbocycles. The maximum Gasteiger partial charge on any atom is 0.122 e. The Labute approximate surface area is 151 Å². The van der Waals surface area contributed by atoms with Crippen LogP contribution in [0.4, 0.5) is 0 Å². The van der Waals surface area contributed by atoms with E-state index in [9.17, 15) is 10.4 Å². The second kappa shape index (κ2) is 6.11. The van der Waals surface area contributed by atoms with Crippen molar-refractivity contribution in [3.63, 3.8) is 0 Å². The number of fused-ring (bicyclic) bond motifs is 1. The molecule has 0 spiro atoms. The first-order valence-corrected chi connectivity index (χ1v) is 9.17. The summed E-state index contributed by atoms with van der Waals surface area (Å²) in [5.74, 6) is 0.0240. The molecule has 2 aromatic carbocycles. The molecule has 0 radical (unpaired) electrons. The van der Waals surface area contributed by atoms with Crippen molar-refractivity contribution in [2.24, 2.45) is 5.41 Å². The monoisotopic (exact) mass is 346 g/mol. The van der Waals surface area contributed by atoms with E-state index in [1.54, 1.807) is 6.20 Å². The summed E-state index contributed by atoms with van der Waals surface area (Å²) in [7, 11) is 0. The Morgan fingerprint density at radius 3 is 2.76 bits per heavy atom. The number of benzene rings is 2. The number of aromatic nitrogens is 1. The fourth-order valence-electron chi connectivity index (χ4n) is 4.07. The van der Waals surface area contributed by atoms with Crippen LogP contribution in [0.25, 0.3) is 0 Å². The van der Waals surface area contributed by atoms with E-state index in [-0.39, 0.29) is 5.92 Å². The quantitative estimate of drug-likeness (QED) is 0.762. The average molecular weight is 346 g/mol. The first-order chi connectivity index (χ1) is 12.1. The molecule has 1 aromatic heterocycles. The maximum atomic E-state index is 11.2. The third-order valence-corrected chi connectivity index (χ3v) is 6.09. The summed E-state index contributed by atoms with van der Waals surface area (Å²) in [5.41, 5.74) is 3.76. The zero-order valence-corrected chi connectivity index (χ0v) is 14.7. The summed E-state index contributed by atoms with van der Waals surface area (Å²) in [6, 6.07) is 18.4. The number of nitrogens with zero attached hydrogens (tertiary/aromatic N) is 2. The van der Waals surface area contributed by atoms with Crippen LogP contribution in [0.3, 0.4) is 0 Å². The highest BCUT2D eigenvalue weighted by molar-refractivity contribution is 7.09. The fourth-order valence-corrected chi connectivity index (χ4v) is 4.85. The van der Waals surface area contributed by atoms with Crippen molar-refractivity contribution in [1.29, 1.82) is 5.26 Å². The van der Waals surface area contributed by atoms with Crippen LogP contribution in [0.1, 0.15) is 46.2 Å². The molecule has 0 bridgehead atoms. The van der Waals surface area contributed by atoms with Crippen molar-refractivity contribution >= 4 is 11.3 Å². The molecule has 0 saturated heterocycles. The van der Waals surface area contributed by atoms with Gasteiger partial charge >= 0.3 is 0 Å². The van der Waals surface area contributed by atoms with Crippen molar-refractivity contribution in [3.8, 4) is 6.07 Å². The average Bonchev–Trinajstić information content (AvgIpc) is 3.27. The number of rotatable bonds is 3. The predicted octanol–water partition coefficient (Wildman–Crippen LogP) is 4.44. The van der Waals surface area contributed by atoms with Gasteiger partial charge in [-0.1, -0.05) is 43.3 Å². The third kappa shape index (κ3) is 2.57.